The molecule has 1 atom stereocenters. The van der Waals surface area contributed by atoms with Gasteiger partial charge in [-0.25, -0.2) is 0 Å². The summed E-state index contributed by atoms with van der Waals surface area (Å²) in [6.45, 7) is 6.28. The highest BCUT2D eigenvalue weighted by Gasteiger charge is 2.12. The molecule has 3 aromatic carbocycles. The Kier molecular flexibility index (Phi) is 7.60. The Labute approximate surface area is 184 Å². The third-order valence-electron chi connectivity index (χ3n) is 5.02. The molecule has 0 heterocycles. The van der Waals surface area contributed by atoms with Crippen LogP contribution < -0.4 is 10.1 Å². The van der Waals surface area contributed by atoms with Crippen LogP contribution in [0.5, 0.6) is 5.75 Å². The Hall–Kier alpha value is -3.40. The molecule has 3 aromatic rings. The molecule has 0 saturated heterocycles. The van der Waals surface area contributed by atoms with Gasteiger partial charge in [0.1, 0.15) is 5.75 Å². The summed E-state index contributed by atoms with van der Waals surface area (Å²) in [6, 6.07) is 24.2. The van der Waals surface area contributed by atoms with Crippen molar-refractivity contribution in [2.45, 2.75) is 33.2 Å². The predicted molar refractivity (Wildman–Crippen MR) is 123 cm³/mol. The smallest absolute Gasteiger partial charge is 0.258 e. The van der Waals surface area contributed by atoms with E-state index in [9.17, 15) is 9.59 Å². The number of rotatable bonds is 9. The molecule has 0 spiro atoms. The summed E-state index contributed by atoms with van der Waals surface area (Å²) in [6.07, 6.45) is 1.05. The van der Waals surface area contributed by atoms with E-state index in [1.807, 2.05) is 25.1 Å². The molecule has 0 fully saturated rings. The maximum atomic E-state index is 12.4. The zero-order valence-electron chi connectivity index (χ0n) is 18.3. The van der Waals surface area contributed by atoms with Crippen LogP contribution in [0.15, 0.2) is 78.9 Å². The van der Waals surface area contributed by atoms with Crippen LogP contribution >= 0.6 is 0 Å². The van der Waals surface area contributed by atoms with Gasteiger partial charge in [0, 0.05) is 11.1 Å². The zero-order valence-corrected chi connectivity index (χ0v) is 18.3. The Bertz CT molecular complexity index is 993. The van der Waals surface area contributed by atoms with Gasteiger partial charge < -0.3 is 10.1 Å². The molecular formula is C27H29NO3. The number of carbonyl (C=O) groups is 2. The molecule has 4 nitrogen and oxygen atoms in total. The summed E-state index contributed by atoms with van der Waals surface area (Å²) < 4.78 is 5.58. The van der Waals surface area contributed by atoms with E-state index in [0.717, 1.165) is 12.0 Å². The molecule has 0 bridgehead atoms. The molecule has 31 heavy (non-hydrogen) atoms. The van der Waals surface area contributed by atoms with Crippen molar-refractivity contribution in [2.24, 2.45) is 5.92 Å². The van der Waals surface area contributed by atoms with Crippen molar-refractivity contribution < 1.29 is 14.3 Å². The second kappa shape index (κ2) is 10.6. The van der Waals surface area contributed by atoms with E-state index in [1.54, 1.807) is 36.4 Å². The van der Waals surface area contributed by atoms with E-state index in [4.69, 9.17) is 4.74 Å². The van der Waals surface area contributed by atoms with Gasteiger partial charge in [-0.1, -0.05) is 68.4 Å². The summed E-state index contributed by atoms with van der Waals surface area (Å²) in [5, 5.41) is 2.96. The third kappa shape index (κ3) is 6.54. The largest absolute Gasteiger partial charge is 0.484 e. The number of carbonyl (C=O) groups excluding carboxylic acids is 2. The predicted octanol–water partition coefficient (Wildman–Crippen LogP) is 5.37. The molecule has 1 amide bonds. The van der Waals surface area contributed by atoms with Gasteiger partial charge in [0.15, 0.2) is 12.4 Å². The highest BCUT2D eigenvalue weighted by atomic mass is 16.5. The van der Waals surface area contributed by atoms with E-state index in [0.29, 0.717) is 22.8 Å². The van der Waals surface area contributed by atoms with Crippen LogP contribution in [0.25, 0.3) is 0 Å². The van der Waals surface area contributed by atoms with Gasteiger partial charge in [0.25, 0.3) is 5.91 Å². The van der Waals surface area contributed by atoms with Crippen LogP contribution in [0.4, 0.5) is 0 Å². The minimum atomic E-state index is -0.191. The number of benzene rings is 3. The summed E-state index contributed by atoms with van der Waals surface area (Å²) in [4.78, 5) is 24.7. The minimum absolute atomic E-state index is 0.0434. The monoisotopic (exact) mass is 415 g/mol. The second-order valence-corrected chi connectivity index (χ2v) is 8.14. The molecule has 3 rings (SSSR count). The summed E-state index contributed by atoms with van der Waals surface area (Å²) >= 11 is 0. The lowest BCUT2D eigenvalue weighted by Gasteiger charge is -2.15. The number of amides is 1. The van der Waals surface area contributed by atoms with Crippen molar-refractivity contribution in [3.05, 3.63) is 101 Å². The third-order valence-corrected chi connectivity index (χ3v) is 5.02. The molecule has 4 heteroatoms. The Morgan fingerprint density at radius 2 is 1.42 bits per heavy atom. The Balaban J connectivity index is 1.49. The molecule has 0 aliphatic rings. The van der Waals surface area contributed by atoms with Gasteiger partial charge in [-0.3, -0.25) is 9.59 Å². The van der Waals surface area contributed by atoms with Crippen molar-refractivity contribution in [1.29, 1.82) is 0 Å². The molecule has 0 aliphatic heterocycles. The molecule has 0 unspecified atom stereocenters. The number of hydrogen-bond donors (Lipinski definition) is 1. The second-order valence-electron chi connectivity index (χ2n) is 8.14. The number of ether oxygens (including phenoxy) is 1. The van der Waals surface area contributed by atoms with Crippen LogP contribution in [-0.4, -0.2) is 18.3 Å². The first kappa shape index (κ1) is 22.3. The van der Waals surface area contributed by atoms with Crippen LogP contribution in [0.3, 0.4) is 0 Å². The quantitative estimate of drug-likeness (QED) is 0.478. The highest BCUT2D eigenvalue weighted by molar-refractivity contribution is 6.08. The molecule has 0 saturated carbocycles. The van der Waals surface area contributed by atoms with Gasteiger partial charge in [0.2, 0.25) is 0 Å². The van der Waals surface area contributed by atoms with Gasteiger partial charge in [-0.15, -0.1) is 0 Å². The number of hydrogen-bond acceptors (Lipinski definition) is 3. The van der Waals surface area contributed by atoms with Crippen molar-refractivity contribution in [3.8, 4) is 5.75 Å². The summed E-state index contributed by atoms with van der Waals surface area (Å²) in [5.41, 5.74) is 3.58. The van der Waals surface area contributed by atoms with E-state index < -0.39 is 0 Å². The maximum absolute atomic E-state index is 12.4. The lowest BCUT2D eigenvalue weighted by atomic mass is 10.00. The Morgan fingerprint density at radius 1 is 0.806 bits per heavy atom. The lowest BCUT2D eigenvalue weighted by Crippen LogP contribution is -2.31. The fourth-order valence-corrected chi connectivity index (χ4v) is 3.39. The molecular weight excluding hydrogens is 386 g/mol. The molecule has 1 N–H and O–H groups in total. The first-order chi connectivity index (χ1) is 14.9. The molecule has 0 aliphatic carbocycles. The molecule has 160 valence electrons. The summed E-state index contributed by atoms with van der Waals surface area (Å²) in [7, 11) is 0. The van der Waals surface area contributed by atoms with Gasteiger partial charge >= 0.3 is 0 Å². The number of ketones is 1. The fourth-order valence-electron chi connectivity index (χ4n) is 3.39. The first-order valence-corrected chi connectivity index (χ1v) is 10.6. The molecule has 0 aromatic heterocycles. The average Bonchev–Trinajstić information content (AvgIpc) is 2.78. The van der Waals surface area contributed by atoms with Crippen molar-refractivity contribution in [2.75, 3.05) is 6.61 Å². The standard InChI is InChI=1S/C27H29NO3/c1-19(2)17-21-9-11-22(12-10-21)20(3)28-26(29)18-31-25-15-13-24(14-16-25)27(30)23-7-5-4-6-8-23/h4-16,19-20H,17-18H2,1-3H3,(H,28,29)/t20-/m1/s1. The topological polar surface area (TPSA) is 55.4 Å². The number of nitrogens with one attached hydrogen (secondary N) is 1. The SMILES string of the molecule is CC(C)Cc1ccc([C@@H](C)NC(=O)COc2ccc(C(=O)c3ccccc3)cc2)cc1. The van der Waals surface area contributed by atoms with E-state index in [1.165, 1.54) is 5.56 Å². The maximum Gasteiger partial charge on any atom is 0.258 e. The van der Waals surface area contributed by atoms with E-state index >= 15 is 0 Å². The van der Waals surface area contributed by atoms with Gasteiger partial charge in [-0.05, 0) is 54.7 Å². The Morgan fingerprint density at radius 3 is 2.03 bits per heavy atom. The van der Waals surface area contributed by atoms with E-state index in [2.05, 4.69) is 43.4 Å². The molecule has 0 radical (unpaired) electrons. The lowest BCUT2D eigenvalue weighted by molar-refractivity contribution is -0.123. The first-order valence-electron chi connectivity index (χ1n) is 10.6. The van der Waals surface area contributed by atoms with Crippen LogP contribution in [0, 0.1) is 5.92 Å². The van der Waals surface area contributed by atoms with Crippen molar-refractivity contribution in [1.82, 2.24) is 5.32 Å². The van der Waals surface area contributed by atoms with Gasteiger partial charge in [0.05, 0.1) is 6.04 Å². The zero-order chi connectivity index (χ0) is 22.2. The van der Waals surface area contributed by atoms with Crippen LogP contribution in [0.2, 0.25) is 0 Å². The summed E-state index contributed by atoms with van der Waals surface area (Å²) in [5.74, 6) is 0.928. The van der Waals surface area contributed by atoms with Crippen molar-refractivity contribution >= 4 is 11.7 Å². The minimum Gasteiger partial charge on any atom is -0.484 e. The van der Waals surface area contributed by atoms with Crippen LogP contribution in [0.1, 0.15) is 53.9 Å². The van der Waals surface area contributed by atoms with Gasteiger partial charge in [-0.2, -0.15) is 0 Å². The van der Waals surface area contributed by atoms with Crippen LogP contribution in [-0.2, 0) is 11.2 Å². The average molecular weight is 416 g/mol. The van der Waals surface area contributed by atoms with E-state index in [-0.39, 0.29) is 24.3 Å². The van der Waals surface area contributed by atoms with Crippen molar-refractivity contribution in [3.63, 3.8) is 0 Å². The normalized spacial score (nSPS) is 11.7. The highest BCUT2D eigenvalue weighted by Crippen LogP contribution is 2.17. The fraction of sp³-hybridized carbons (Fsp3) is 0.259.